The lowest BCUT2D eigenvalue weighted by Gasteiger charge is -2.19. The predicted molar refractivity (Wildman–Crippen MR) is 98.1 cm³/mol. The summed E-state index contributed by atoms with van der Waals surface area (Å²) in [5, 5.41) is 38.9. The quantitative estimate of drug-likeness (QED) is 0.319. The van der Waals surface area contributed by atoms with Crippen LogP contribution in [0.2, 0.25) is 0 Å². The molecule has 1 rings (SSSR count). The maximum absolute atomic E-state index is 10.5. The summed E-state index contributed by atoms with van der Waals surface area (Å²) in [5.74, 6) is -0.995. The molecule has 0 unspecified atom stereocenters. The van der Waals surface area contributed by atoms with E-state index in [1.54, 1.807) is 6.08 Å². The summed E-state index contributed by atoms with van der Waals surface area (Å²) >= 11 is 0. The smallest absolute Gasteiger partial charge is 0.303 e. The Hall–Kier alpha value is -1.17. The first-order valence-electron chi connectivity index (χ1n) is 9.55. The largest absolute Gasteiger partial charge is 0.481 e. The number of aliphatic hydroxyl groups excluding tert-OH is 3. The van der Waals surface area contributed by atoms with Crippen molar-refractivity contribution < 1.29 is 25.2 Å². The molecule has 0 bridgehead atoms. The van der Waals surface area contributed by atoms with Crippen LogP contribution in [0.4, 0.5) is 0 Å². The second-order valence-electron chi connectivity index (χ2n) is 7.05. The molecule has 0 aromatic carbocycles. The molecule has 0 aromatic heterocycles. The van der Waals surface area contributed by atoms with E-state index in [0.717, 1.165) is 25.7 Å². The van der Waals surface area contributed by atoms with Gasteiger partial charge in [0.1, 0.15) is 0 Å². The van der Waals surface area contributed by atoms with Crippen molar-refractivity contribution in [1.82, 2.24) is 0 Å². The van der Waals surface area contributed by atoms with Gasteiger partial charge < -0.3 is 20.4 Å². The number of unbranched alkanes of at least 4 members (excludes halogenated alkanes) is 3. The normalized spacial score (nSPS) is 28.2. The fourth-order valence-corrected chi connectivity index (χ4v) is 3.38. The summed E-state index contributed by atoms with van der Waals surface area (Å²) in [6.07, 6.45) is 12.3. The molecule has 1 saturated carbocycles. The molecule has 1 aliphatic rings. The second-order valence-corrected chi connectivity index (χ2v) is 7.05. The minimum atomic E-state index is -0.817. The molecule has 1 aliphatic carbocycles. The molecule has 144 valence electrons. The van der Waals surface area contributed by atoms with Crippen molar-refractivity contribution in [1.29, 1.82) is 0 Å². The van der Waals surface area contributed by atoms with Gasteiger partial charge in [0.2, 0.25) is 0 Å². The van der Waals surface area contributed by atoms with Crippen molar-refractivity contribution >= 4 is 5.97 Å². The number of allylic oxidation sites excluding steroid dienone is 2. The summed E-state index contributed by atoms with van der Waals surface area (Å²) in [4.78, 5) is 10.5. The lowest BCUT2D eigenvalue weighted by atomic mass is 9.89. The highest BCUT2D eigenvalue weighted by Crippen LogP contribution is 2.36. The Morgan fingerprint density at radius 2 is 1.92 bits per heavy atom. The van der Waals surface area contributed by atoms with Crippen molar-refractivity contribution in [3.8, 4) is 0 Å². The van der Waals surface area contributed by atoms with E-state index in [4.69, 9.17) is 5.11 Å². The number of hydrogen-bond donors (Lipinski definition) is 4. The number of carboxylic acids is 1. The highest BCUT2D eigenvalue weighted by atomic mass is 16.4. The van der Waals surface area contributed by atoms with Crippen molar-refractivity contribution in [2.75, 3.05) is 0 Å². The molecule has 5 nitrogen and oxygen atoms in total. The molecule has 4 N–H and O–H groups in total. The van der Waals surface area contributed by atoms with Crippen molar-refractivity contribution in [2.24, 2.45) is 11.8 Å². The predicted octanol–water partition coefficient (Wildman–Crippen LogP) is 3.04. The van der Waals surface area contributed by atoms with Crippen LogP contribution in [0.1, 0.15) is 64.7 Å². The monoisotopic (exact) mass is 354 g/mol. The molecule has 0 radical (unpaired) electrons. The Kier molecular flexibility index (Phi) is 10.7. The van der Waals surface area contributed by atoms with Gasteiger partial charge in [0, 0.05) is 18.8 Å². The Balaban J connectivity index is 2.45. The van der Waals surface area contributed by atoms with Gasteiger partial charge in [0.05, 0.1) is 18.3 Å². The molecule has 0 aromatic rings. The molecule has 5 heteroatoms. The second kappa shape index (κ2) is 12.2. The minimum Gasteiger partial charge on any atom is -0.481 e. The highest BCUT2D eigenvalue weighted by molar-refractivity contribution is 5.66. The number of aliphatic carboxylic acids is 1. The molecular formula is C20H34O5. The van der Waals surface area contributed by atoms with E-state index in [1.165, 1.54) is 0 Å². The number of carbonyl (C=O) groups is 1. The fraction of sp³-hybridized carbons (Fsp3) is 0.750. The van der Waals surface area contributed by atoms with Gasteiger partial charge in [-0.1, -0.05) is 44.1 Å². The topological polar surface area (TPSA) is 98.0 Å². The Labute approximate surface area is 151 Å². The van der Waals surface area contributed by atoms with Crippen LogP contribution in [0, 0.1) is 11.8 Å². The SMILES string of the molecule is CCCC/C=C\C[C@@H]1[C@@H](/C=C/[C@@H](O)CCCCC(=O)O)[C@H](O)C[C@@H]1O. The van der Waals surface area contributed by atoms with Gasteiger partial charge in [-0.2, -0.15) is 0 Å². The molecule has 25 heavy (non-hydrogen) atoms. The van der Waals surface area contributed by atoms with Gasteiger partial charge >= 0.3 is 5.97 Å². The van der Waals surface area contributed by atoms with Gasteiger partial charge in [-0.25, -0.2) is 0 Å². The minimum absolute atomic E-state index is 0.0247. The van der Waals surface area contributed by atoms with Crippen LogP contribution in [0.5, 0.6) is 0 Å². The molecule has 0 spiro atoms. The summed E-state index contributed by atoms with van der Waals surface area (Å²) in [6.45, 7) is 2.15. The van der Waals surface area contributed by atoms with Gasteiger partial charge in [0.25, 0.3) is 0 Å². The Bertz CT molecular complexity index is 432. The first-order valence-corrected chi connectivity index (χ1v) is 9.55. The maximum atomic E-state index is 10.5. The lowest BCUT2D eigenvalue weighted by molar-refractivity contribution is -0.137. The van der Waals surface area contributed by atoms with Crippen LogP contribution in [-0.4, -0.2) is 44.7 Å². The first kappa shape index (κ1) is 21.9. The standard InChI is InChI=1S/C20H34O5/c1-2-3-4-5-6-10-16-17(19(23)14-18(16)22)13-12-15(21)9-7-8-11-20(24)25/h5-6,12-13,15-19,21-23H,2-4,7-11,14H2,1H3,(H,24,25)/b6-5-,13-12+/t15-,16+,17+,18-,19+/m0/s1. The summed E-state index contributed by atoms with van der Waals surface area (Å²) < 4.78 is 0. The third-order valence-corrected chi connectivity index (χ3v) is 4.91. The third-order valence-electron chi connectivity index (χ3n) is 4.91. The van der Waals surface area contributed by atoms with E-state index >= 15 is 0 Å². The molecule has 0 saturated heterocycles. The van der Waals surface area contributed by atoms with Gasteiger partial charge in [-0.15, -0.1) is 0 Å². The van der Waals surface area contributed by atoms with E-state index < -0.39 is 24.3 Å². The van der Waals surface area contributed by atoms with Crippen LogP contribution in [0.25, 0.3) is 0 Å². The van der Waals surface area contributed by atoms with Crippen LogP contribution in [-0.2, 0) is 4.79 Å². The first-order chi connectivity index (χ1) is 12.0. The zero-order chi connectivity index (χ0) is 18.7. The molecule has 1 fully saturated rings. The van der Waals surface area contributed by atoms with Crippen molar-refractivity contribution in [3.63, 3.8) is 0 Å². The average Bonchev–Trinajstić information content (AvgIpc) is 2.82. The molecular weight excluding hydrogens is 320 g/mol. The zero-order valence-corrected chi connectivity index (χ0v) is 15.3. The summed E-state index contributed by atoms with van der Waals surface area (Å²) in [6, 6.07) is 0. The Morgan fingerprint density at radius 3 is 2.60 bits per heavy atom. The Morgan fingerprint density at radius 1 is 1.16 bits per heavy atom. The van der Waals surface area contributed by atoms with Crippen LogP contribution in [0.15, 0.2) is 24.3 Å². The summed E-state index contributed by atoms with van der Waals surface area (Å²) in [7, 11) is 0. The van der Waals surface area contributed by atoms with Gasteiger partial charge in [-0.3, -0.25) is 4.79 Å². The van der Waals surface area contributed by atoms with E-state index in [0.29, 0.717) is 25.7 Å². The fourth-order valence-electron chi connectivity index (χ4n) is 3.38. The van der Waals surface area contributed by atoms with Gasteiger partial charge in [0.15, 0.2) is 0 Å². The van der Waals surface area contributed by atoms with Crippen LogP contribution >= 0.6 is 0 Å². The molecule has 0 aliphatic heterocycles. The lowest BCUT2D eigenvalue weighted by Crippen LogP contribution is -2.20. The van der Waals surface area contributed by atoms with Crippen molar-refractivity contribution in [3.05, 3.63) is 24.3 Å². The summed E-state index contributed by atoms with van der Waals surface area (Å²) in [5.41, 5.74) is 0. The molecule has 0 heterocycles. The number of hydrogen-bond acceptors (Lipinski definition) is 4. The van der Waals surface area contributed by atoms with E-state index in [2.05, 4.69) is 19.1 Å². The van der Waals surface area contributed by atoms with E-state index in [-0.39, 0.29) is 18.3 Å². The van der Waals surface area contributed by atoms with Crippen LogP contribution < -0.4 is 0 Å². The van der Waals surface area contributed by atoms with Crippen LogP contribution in [0.3, 0.4) is 0 Å². The third kappa shape index (κ3) is 8.66. The average molecular weight is 354 g/mol. The number of carboxylic acid groups (broad SMARTS) is 1. The molecule has 5 atom stereocenters. The zero-order valence-electron chi connectivity index (χ0n) is 15.3. The van der Waals surface area contributed by atoms with Crippen molar-refractivity contribution in [2.45, 2.75) is 83.0 Å². The highest BCUT2D eigenvalue weighted by Gasteiger charge is 2.39. The molecule has 0 amide bonds. The van der Waals surface area contributed by atoms with E-state index in [9.17, 15) is 20.1 Å². The maximum Gasteiger partial charge on any atom is 0.303 e. The number of aliphatic hydroxyl groups is 3. The number of rotatable bonds is 12. The van der Waals surface area contributed by atoms with Gasteiger partial charge in [-0.05, 0) is 38.0 Å². The van der Waals surface area contributed by atoms with E-state index in [1.807, 2.05) is 6.08 Å².